The van der Waals surface area contributed by atoms with Crippen molar-refractivity contribution in [2.75, 3.05) is 20.2 Å². The van der Waals surface area contributed by atoms with E-state index in [4.69, 9.17) is 4.74 Å². The van der Waals surface area contributed by atoms with E-state index in [0.717, 1.165) is 39.8 Å². The molecule has 0 radical (unpaired) electrons. The Bertz CT molecular complexity index is 1020. The molecule has 0 bridgehead atoms. The summed E-state index contributed by atoms with van der Waals surface area (Å²) >= 11 is 1.45. The molecule has 1 aliphatic heterocycles. The fraction of sp³-hybridized carbons (Fsp3) is 0.304. The summed E-state index contributed by atoms with van der Waals surface area (Å²) in [6, 6.07) is 15.8. The third-order valence-electron chi connectivity index (χ3n) is 5.39. The summed E-state index contributed by atoms with van der Waals surface area (Å²) in [4.78, 5) is 27.8. The van der Waals surface area contributed by atoms with Crippen molar-refractivity contribution in [3.05, 3.63) is 64.4 Å². The standard InChI is InChI=1S/C23H24N2O3S/c1-28-20-9-8-17-12-16(6-7-18(17)13-20)14-24-22(26)19-4-2-10-25(15-19)23(27)21-5-3-11-29-21/h3,5-9,11-13,19H,2,4,10,14-15H2,1H3,(H,24,26). The number of hydrogen-bond donors (Lipinski definition) is 1. The van der Waals surface area contributed by atoms with E-state index in [9.17, 15) is 9.59 Å². The number of thiophene rings is 1. The summed E-state index contributed by atoms with van der Waals surface area (Å²) in [5, 5.41) is 7.17. The molecule has 2 aromatic carbocycles. The van der Waals surface area contributed by atoms with Gasteiger partial charge in [-0.1, -0.05) is 24.3 Å². The second-order valence-corrected chi connectivity index (χ2v) is 8.28. The first-order valence-electron chi connectivity index (χ1n) is 9.81. The highest BCUT2D eigenvalue weighted by molar-refractivity contribution is 7.12. The molecule has 1 aromatic heterocycles. The summed E-state index contributed by atoms with van der Waals surface area (Å²) in [7, 11) is 1.66. The fourth-order valence-corrected chi connectivity index (χ4v) is 4.47. The SMILES string of the molecule is COc1ccc2cc(CNC(=O)C3CCCN(C(=O)c4cccs4)C3)ccc2c1. The first kappa shape index (κ1) is 19.5. The van der Waals surface area contributed by atoms with Crippen LogP contribution in [0.5, 0.6) is 5.75 Å². The van der Waals surface area contributed by atoms with Crippen LogP contribution in [0.15, 0.2) is 53.9 Å². The van der Waals surface area contributed by atoms with Gasteiger partial charge < -0.3 is 15.0 Å². The second-order valence-electron chi connectivity index (χ2n) is 7.33. The van der Waals surface area contributed by atoms with Crippen LogP contribution in [-0.2, 0) is 11.3 Å². The average molecular weight is 409 g/mol. The molecule has 1 saturated heterocycles. The minimum Gasteiger partial charge on any atom is -0.497 e. The quantitative estimate of drug-likeness (QED) is 0.692. The molecule has 0 saturated carbocycles. The molecular formula is C23H24N2O3S. The molecule has 0 aliphatic carbocycles. The van der Waals surface area contributed by atoms with Gasteiger partial charge in [0.2, 0.25) is 5.91 Å². The number of ether oxygens (including phenoxy) is 1. The molecular weight excluding hydrogens is 384 g/mol. The topological polar surface area (TPSA) is 58.6 Å². The van der Waals surface area contributed by atoms with E-state index in [1.807, 2.05) is 52.7 Å². The maximum absolute atomic E-state index is 12.7. The summed E-state index contributed by atoms with van der Waals surface area (Å²) in [6.07, 6.45) is 1.67. The van der Waals surface area contributed by atoms with Crippen LogP contribution in [0.25, 0.3) is 10.8 Å². The van der Waals surface area contributed by atoms with Crippen molar-refractivity contribution < 1.29 is 14.3 Å². The van der Waals surface area contributed by atoms with Gasteiger partial charge in [-0.05, 0) is 58.8 Å². The lowest BCUT2D eigenvalue weighted by atomic mass is 9.96. The molecule has 2 amide bonds. The normalized spacial score (nSPS) is 16.6. The molecule has 5 nitrogen and oxygen atoms in total. The minimum absolute atomic E-state index is 0.0171. The van der Waals surface area contributed by atoms with Gasteiger partial charge in [0.25, 0.3) is 5.91 Å². The van der Waals surface area contributed by atoms with Gasteiger partial charge in [-0.2, -0.15) is 0 Å². The number of piperidine rings is 1. The van der Waals surface area contributed by atoms with Gasteiger partial charge in [0.1, 0.15) is 5.75 Å². The minimum atomic E-state index is -0.155. The Hall–Kier alpha value is -2.86. The Morgan fingerprint density at radius 2 is 2.00 bits per heavy atom. The molecule has 1 unspecified atom stereocenters. The maximum Gasteiger partial charge on any atom is 0.263 e. The first-order valence-corrected chi connectivity index (χ1v) is 10.7. The Labute approximate surface area is 174 Å². The number of amides is 2. The van der Waals surface area contributed by atoms with Crippen molar-refractivity contribution in [3.63, 3.8) is 0 Å². The highest BCUT2D eigenvalue weighted by Gasteiger charge is 2.29. The highest BCUT2D eigenvalue weighted by Crippen LogP contribution is 2.23. The fourth-order valence-electron chi connectivity index (χ4n) is 3.78. The summed E-state index contributed by atoms with van der Waals surface area (Å²) in [5.74, 6) is 0.723. The predicted octanol–water partition coefficient (Wildman–Crippen LogP) is 4.08. The van der Waals surface area contributed by atoms with Crippen molar-refractivity contribution in [1.82, 2.24) is 10.2 Å². The Kier molecular flexibility index (Phi) is 5.81. The number of carbonyl (C=O) groups excluding carboxylic acids is 2. The summed E-state index contributed by atoms with van der Waals surface area (Å²) < 4.78 is 5.26. The number of hydrogen-bond acceptors (Lipinski definition) is 4. The third-order valence-corrected chi connectivity index (χ3v) is 6.25. The van der Waals surface area contributed by atoms with Crippen LogP contribution in [0.4, 0.5) is 0 Å². The molecule has 1 atom stereocenters. The Morgan fingerprint density at radius 3 is 2.79 bits per heavy atom. The van der Waals surface area contributed by atoms with Crippen LogP contribution in [-0.4, -0.2) is 36.9 Å². The smallest absolute Gasteiger partial charge is 0.263 e. The lowest BCUT2D eigenvalue weighted by molar-refractivity contribution is -0.126. The molecule has 3 aromatic rings. The van der Waals surface area contributed by atoms with Gasteiger partial charge >= 0.3 is 0 Å². The van der Waals surface area contributed by atoms with Crippen LogP contribution < -0.4 is 10.1 Å². The van der Waals surface area contributed by atoms with Crippen molar-refractivity contribution in [1.29, 1.82) is 0 Å². The number of carbonyl (C=O) groups is 2. The molecule has 4 rings (SSSR count). The Morgan fingerprint density at radius 1 is 1.17 bits per heavy atom. The molecule has 29 heavy (non-hydrogen) atoms. The van der Waals surface area contributed by atoms with E-state index in [2.05, 4.69) is 11.4 Å². The average Bonchev–Trinajstić information content (AvgIpc) is 3.31. The lowest BCUT2D eigenvalue weighted by Crippen LogP contribution is -2.45. The van der Waals surface area contributed by atoms with E-state index in [1.165, 1.54) is 11.3 Å². The number of likely N-dealkylation sites (tertiary alicyclic amines) is 1. The first-order chi connectivity index (χ1) is 14.1. The van der Waals surface area contributed by atoms with E-state index in [-0.39, 0.29) is 17.7 Å². The maximum atomic E-state index is 12.7. The van der Waals surface area contributed by atoms with E-state index in [0.29, 0.717) is 19.6 Å². The molecule has 1 N–H and O–H groups in total. The van der Waals surface area contributed by atoms with Crippen molar-refractivity contribution in [2.45, 2.75) is 19.4 Å². The van der Waals surface area contributed by atoms with Gasteiger partial charge in [0.05, 0.1) is 17.9 Å². The van der Waals surface area contributed by atoms with E-state index < -0.39 is 0 Å². The zero-order chi connectivity index (χ0) is 20.2. The second kappa shape index (κ2) is 8.66. The zero-order valence-corrected chi connectivity index (χ0v) is 17.2. The number of nitrogens with zero attached hydrogens (tertiary/aromatic N) is 1. The monoisotopic (exact) mass is 408 g/mol. The number of rotatable bonds is 5. The predicted molar refractivity (Wildman–Crippen MR) is 115 cm³/mol. The van der Waals surface area contributed by atoms with Crippen LogP contribution in [0.1, 0.15) is 28.1 Å². The van der Waals surface area contributed by atoms with Crippen LogP contribution in [0.2, 0.25) is 0 Å². The van der Waals surface area contributed by atoms with Gasteiger partial charge in [-0.25, -0.2) is 0 Å². The van der Waals surface area contributed by atoms with E-state index >= 15 is 0 Å². The van der Waals surface area contributed by atoms with Crippen molar-refractivity contribution in [2.24, 2.45) is 5.92 Å². The lowest BCUT2D eigenvalue weighted by Gasteiger charge is -2.31. The molecule has 6 heteroatoms. The van der Waals surface area contributed by atoms with Gasteiger partial charge in [0, 0.05) is 19.6 Å². The van der Waals surface area contributed by atoms with E-state index in [1.54, 1.807) is 7.11 Å². The molecule has 1 fully saturated rings. The molecule has 2 heterocycles. The largest absolute Gasteiger partial charge is 0.497 e. The van der Waals surface area contributed by atoms with Gasteiger partial charge in [0.15, 0.2) is 0 Å². The summed E-state index contributed by atoms with van der Waals surface area (Å²) in [5.41, 5.74) is 1.05. The van der Waals surface area contributed by atoms with Crippen molar-refractivity contribution >= 4 is 33.9 Å². The molecule has 1 aliphatic rings. The molecule has 150 valence electrons. The number of fused-ring (bicyclic) bond motifs is 1. The highest BCUT2D eigenvalue weighted by atomic mass is 32.1. The van der Waals surface area contributed by atoms with Gasteiger partial charge in [-0.3, -0.25) is 9.59 Å². The summed E-state index contributed by atoms with van der Waals surface area (Å²) in [6.45, 7) is 1.69. The third kappa shape index (κ3) is 4.43. The van der Waals surface area contributed by atoms with Crippen LogP contribution in [0, 0.1) is 5.92 Å². The number of benzene rings is 2. The van der Waals surface area contributed by atoms with Crippen molar-refractivity contribution in [3.8, 4) is 5.75 Å². The number of nitrogens with one attached hydrogen (secondary N) is 1. The Balaban J connectivity index is 1.36. The van der Waals surface area contributed by atoms with Gasteiger partial charge in [-0.15, -0.1) is 11.3 Å². The molecule has 0 spiro atoms. The zero-order valence-electron chi connectivity index (χ0n) is 16.4. The van der Waals surface area contributed by atoms with Crippen LogP contribution in [0.3, 0.4) is 0 Å². The van der Waals surface area contributed by atoms with Crippen LogP contribution >= 0.6 is 11.3 Å². The number of methoxy groups -OCH3 is 1.